The molecule has 3 aromatic heterocycles. The van der Waals surface area contributed by atoms with Crippen molar-refractivity contribution in [2.24, 2.45) is 0 Å². The van der Waals surface area contributed by atoms with Crippen molar-refractivity contribution < 1.29 is 8.42 Å². The molecule has 3 heterocycles. The normalized spacial score (nSPS) is 11.7. The maximum absolute atomic E-state index is 12.4. The lowest BCUT2D eigenvalue weighted by atomic mass is 10.4. The van der Waals surface area contributed by atoms with Gasteiger partial charge in [0.25, 0.3) is 0 Å². The summed E-state index contributed by atoms with van der Waals surface area (Å²) in [4.78, 5) is 8.49. The Labute approximate surface area is 151 Å². The Hall–Kier alpha value is -2.79. The molecular weight excluding hydrogens is 356 g/mol. The van der Waals surface area contributed by atoms with Gasteiger partial charge in [-0.2, -0.15) is 10.2 Å². The Morgan fingerprint density at radius 2 is 2.00 bits per heavy atom. The van der Waals surface area contributed by atoms with E-state index in [0.717, 1.165) is 5.69 Å². The fourth-order valence-corrected chi connectivity index (χ4v) is 3.89. The van der Waals surface area contributed by atoms with Gasteiger partial charge in [0.05, 0.1) is 17.1 Å². The lowest BCUT2D eigenvalue weighted by Crippen LogP contribution is -2.29. The molecular formula is C15H20N8O2S. The molecule has 3 aromatic rings. The van der Waals surface area contributed by atoms with E-state index < -0.39 is 10.0 Å². The highest BCUT2D eigenvalue weighted by molar-refractivity contribution is 7.89. The highest BCUT2D eigenvalue weighted by atomic mass is 32.2. The van der Waals surface area contributed by atoms with Crippen LogP contribution in [-0.2, 0) is 10.0 Å². The minimum Gasteiger partial charge on any atom is -0.369 e. The van der Waals surface area contributed by atoms with E-state index in [-0.39, 0.29) is 11.4 Å². The molecule has 3 N–H and O–H groups in total. The Bertz CT molecular complexity index is 989. The summed E-state index contributed by atoms with van der Waals surface area (Å²) in [6.07, 6.45) is 3.24. The van der Waals surface area contributed by atoms with Crippen LogP contribution in [0.1, 0.15) is 17.1 Å². The lowest BCUT2D eigenvalue weighted by Gasteiger charge is -2.09. The topological polar surface area (TPSA) is 130 Å². The molecule has 138 valence electrons. The SMILES string of the molecule is Cc1ccn(-c2cc(NCCNS(=O)(=O)c3c(C)n[nH]c3C)ncn2)n1. The van der Waals surface area contributed by atoms with Crippen LogP contribution < -0.4 is 10.0 Å². The van der Waals surface area contributed by atoms with Crippen molar-refractivity contribution in [2.75, 3.05) is 18.4 Å². The minimum atomic E-state index is -3.61. The molecule has 0 fully saturated rings. The first-order valence-electron chi connectivity index (χ1n) is 7.96. The van der Waals surface area contributed by atoms with E-state index in [1.54, 1.807) is 24.6 Å². The number of aryl methyl sites for hydroxylation is 3. The van der Waals surface area contributed by atoms with Crippen LogP contribution in [0.5, 0.6) is 0 Å². The zero-order valence-corrected chi connectivity index (χ0v) is 15.5. The lowest BCUT2D eigenvalue weighted by molar-refractivity contribution is 0.581. The summed E-state index contributed by atoms with van der Waals surface area (Å²) >= 11 is 0. The smallest absolute Gasteiger partial charge is 0.244 e. The van der Waals surface area contributed by atoms with Gasteiger partial charge in [-0.1, -0.05) is 0 Å². The first-order chi connectivity index (χ1) is 12.4. The number of sulfonamides is 1. The Balaban J connectivity index is 1.59. The summed E-state index contributed by atoms with van der Waals surface area (Å²) in [5.74, 6) is 1.21. The van der Waals surface area contributed by atoms with E-state index in [9.17, 15) is 8.42 Å². The van der Waals surface area contributed by atoms with E-state index >= 15 is 0 Å². The van der Waals surface area contributed by atoms with Gasteiger partial charge in [-0.25, -0.2) is 27.8 Å². The molecule has 0 saturated heterocycles. The van der Waals surface area contributed by atoms with E-state index in [2.05, 4.69) is 35.3 Å². The van der Waals surface area contributed by atoms with Crippen LogP contribution >= 0.6 is 0 Å². The number of anilines is 1. The monoisotopic (exact) mass is 376 g/mol. The molecule has 0 amide bonds. The van der Waals surface area contributed by atoms with Crippen molar-refractivity contribution in [3.05, 3.63) is 41.7 Å². The highest BCUT2D eigenvalue weighted by Gasteiger charge is 2.21. The quantitative estimate of drug-likeness (QED) is 0.517. The minimum absolute atomic E-state index is 0.191. The van der Waals surface area contributed by atoms with E-state index in [1.165, 1.54) is 6.33 Å². The number of H-pyrrole nitrogens is 1. The van der Waals surface area contributed by atoms with Gasteiger partial charge in [0.2, 0.25) is 10.0 Å². The molecule has 0 atom stereocenters. The molecule has 0 aliphatic rings. The second kappa shape index (κ2) is 7.22. The van der Waals surface area contributed by atoms with Gasteiger partial charge in [-0.05, 0) is 26.8 Å². The van der Waals surface area contributed by atoms with Crippen LogP contribution in [0.3, 0.4) is 0 Å². The van der Waals surface area contributed by atoms with Crippen molar-refractivity contribution in [3.63, 3.8) is 0 Å². The second-order valence-electron chi connectivity index (χ2n) is 5.75. The summed E-state index contributed by atoms with van der Waals surface area (Å²) in [5, 5.41) is 13.9. The molecule has 10 nitrogen and oxygen atoms in total. The predicted molar refractivity (Wildman–Crippen MR) is 95.6 cm³/mol. The largest absolute Gasteiger partial charge is 0.369 e. The van der Waals surface area contributed by atoms with E-state index in [4.69, 9.17) is 0 Å². The highest BCUT2D eigenvalue weighted by Crippen LogP contribution is 2.16. The summed E-state index contributed by atoms with van der Waals surface area (Å²) in [7, 11) is -3.61. The van der Waals surface area contributed by atoms with Crippen molar-refractivity contribution in [2.45, 2.75) is 25.7 Å². The zero-order chi connectivity index (χ0) is 18.7. The zero-order valence-electron chi connectivity index (χ0n) is 14.7. The van der Waals surface area contributed by atoms with Crippen LogP contribution in [0.25, 0.3) is 5.82 Å². The average molecular weight is 376 g/mol. The van der Waals surface area contributed by atoms with Crippen LogP contribution in [0, 0.1) is 20.8 Å². The summed E-state index contributed by atoms with van der Waals surface area (Å²) in [6, 6.07) is 3.62. The molecule has 0 spiro atoms. The van der Waals surface area contributed by atoms with Crippen LogP contribution in [-0.4, -0.2) is 51.5 Å². The van der Waals surface area contributed by atoms with E-state index in [0.29, 0.717) is 29.6 Å². The summed E-state index contributed by atoms with van der Waals surface area (Å²) < 4.78 is 28.9. The third kappa shape index (κ3) is 3.89. The molecule has 0 unspecified atom stereocenters. The standard InChI is InChI=1S/C15H20N8O2S/c1-10-4-7-23(22-10)14-8-13(17-9-18-14)16-5-6-19-26(24,25)15-11(2)20-21-12(15)3/h4,7-9,19H,5-6H2,1-3H3,(H,20,21)(H,16,17,18). The molecule has 11 heteroatoms. The fraction of sp³-hybridized carbons (Fsp3) is 0.333. The van der Waals surface area contributed by atoms with Gasteiger partial charge in [-0.15, -0.1) is 0 Å². The number of hydrogen-bond acceptors (Lipinski definition) is 7. The maximum atomic E-state index is 12.4. The molecule has 26 heavy (non-hydrogen) atoms. The van der Waals surface area contributed by atoms with Gasteiger partial charge in [0, 0.05) is 25.4 Å². The van der Waals surface area contributed by atoms with Gasteiger partial charge in [-0.3, -0.25) is 5.10 Å². The predicted octanol–water partition coefficient (Wildman–Crippen LogP) is 0.701. The molecule has 0 aromatic carbocycles. The van der Waals surface area contributed by atoms with Crippen LogP contribution in [0.2, 0.25) is 0 Å². The number of aromatic nitrogens is 6. The summed E-state index contributed by atoms with van der Waals surface area (Å²) in [6.45, 7) is 5.78. The Morgan fingerprint density at radius 1 is 1.19 bits per heavy atom. The molecule has 0 aliphatic carbocycles. The van der Waals surface area contributed by atoms with Crippen molar-refractivity contribution in [3.8, 4) is 5.82 Å². The Kier molecular flexibility index (Phi) is 5.00. The Morgan fingerprint density at radius 3 is 2.65 bits per heavy atom. The molecule has 3 rings (SSSR count). The fourth-order valence-electron chi connectivity index (χ4n) is 2.50. The number of rotatable bonds is 7. The third-order valence-corrected chi connectivity index (χ3v) is 5.39. The maximum Gasteiger partial charge on any atom is 0.244 e. The molecule has 0 aliphatic heterocycles. The number of aromatic amines is 1. The molecule has 0 radical (unpaired) electrons. The summed E-state index contributed by atoms with van der Waals surface area (Å²) in [5.41, 5.74) is 1.84. The number of nitrogens with zero attached hydrogens (tertiary/aromatic N) is 5. The third-order valence-electron chi connectivity index (χ3n) is 3.66. The van der Waals surface area contributed by atoms with Gasteiger partial charge in [0.1, 0.15) is 17.0 Å². The number of hydrogen-bond donors (Lipinski definition) is 3. The van der Waals surface area contributed by atoms with E-state index in [1.807, 2.05) is 19.2 Å². The molecule has 0 saturated carbocycles. The van der Waals surface area contributed by atoms with Crippen LogP contribution in [0.15, 0.2) is 29.6 Å². The van der Waals surface area contributed by atoms with Crippen molar-refractivity contribution >= 4 is 15.8 Å². The van der Waals surface area contributed by atoms with Gasteiger partial charge >= 0.3 is 0 Å². The number of nitrogens with one attached hydrogen (secondary N) is 3. The van der Waals surface area contributed by atoms with Crippen molar-refractivity contribution in [1.29, 1.82) is 0 Å². The van der Waals surface area contributed by atoms with Crippen molar-refractivity contribution in [1.82, 2.24) is 34.7 Å². The van der Waals surface area contributed by atoms with Gasteiger partial charge in [0.15, 0.2) is 5.82 Å². The first kappa shape index (κ1) is 18.0. The average Bonchev–Trinajstić information content (AvgIpc) is 3.18. The van der Waals surface area contributed by atoms with Crippen LogP contribution in [0.4, 0.5) is 5.82 Å². The first-order valence-corrected chi connectivity index (χ1v) is 9.45. The van der Waals surface area contributed by atoms with Gasteiger partial charge < -0.3 is 5.32 Å². The molecule has 0 bridgehead atoms. The second-order valence-corrected chi connectivity index (χ2v) is 7.45.